The average molecular weight is 810 g/mol. The third kappa shape index (κ3) is 41.6. The minimum absolute atomic E-state index is 0.0445. The van der Waals surface area contributed by atoms with Crippen molar-refractivity contribution in [2.24, 2.45) is 5.73 Å². The van der Waals surface area contributed by atoms with Gasteiger partial charge in [0.05, 0.1) is 13.2 Å². The molecule has 0 aliphatic carbocycles. The van der Waals surface area contributed by atoms with Gasteiger partial charge >= 0.3 is 19.8 Å². The lowest BCUT2D eigenvalue weighted by molar-refractivity contribution is -0.161. The van der Waals surface area contributed by atoms with Crippen molar-refractivity contribution in [2.75, 3.05) is 26.4 Å². The van der Waals surface area contributed by atoms with Crippen molar-refractivity contribution >= 4 is 19.8 Å². The SMILES string of the molecule is CCCCC/C=C\C/C=C\C/C=C\C/C=C\CCCC(=O)O[C@H](COC(=O)CCCCCCCCCCCCCCCCCCCC)COP(=O)(O)OCCN. The van der Waals surface area contributed by atoms with Crippen LogP contribution in [0, 0.1) is 0 Å². The Balaban J connectivity index is 4.20. The van der Waals surface area contributed by atoms with Crippen molar-refractivity contribution < 1.29 is 37.6 Å². The van der Waals surface area contributed by atoms with E-state index in [4.69, 9.17) is 24.3 Å². The lowest BCUT2D eigenvalue weighted by Gasteiger charge is -2.19. The Labute approximate surface area is 343 Å². The zero-order valence-electron chi connectivity index (χ0n) is 35.9. The number of nitrogens with two attached hydrogens (primary N) is 1. The van der Waals surface area contributed by atoms with Crippen LogP contribution < -0.4 is 5.73 Å². The monoisotopic (exact) mass is 810 g/mol. The van der Waals surface area contributed by atoms with Crippen molar-refractivity contribution in [1.82, 2.24) is 0 Å². The fraction of sp³-hybridized carbons (Fsp3) is 0.783. The Morgan fingerprint density at radius 2 is 0.946 bits per heavy atom. The van der Waals surface area contributed by atoms with Crippen molar-refractivity contribution in [1.29, 1.82) is 0 Å². The van der Waals surface area contributed by atoms with Crippen molar-refractivity contribution in [3.8, 4) is 0 Å². The standard InChI is InChI=1S/C46H84NO8P/c1-3-5-7-9-11-13-15-17-19-21-23-24-26-28-30-32-34-36-38-45(48)52-42-44(43-54-56(50,51)53-41-40-47)55-46(49)39-37-35-33-31-29-27-25-22-20-18-16-14-12-10-8-6-4-2/h12,14,18,20,25,27,31,33,44H,3-11,13,15-17,19,21-24,26,28-30,32,34-43,47H2,1-2H3,(H,50,51)/b14-12-,20-18-,27-25-,33-31-/t44-/m1/s1. The van der Waals surface area contributed by atoms with Crippen LogP contribution in [-0.2, 0) is 32.7 Å². The molecule has 0 amide bonds. The molecular weight excluding hydrogens is 725 g/mol. The van der Waals surface area contributed by atoms with Gasteiger partial charge in [-0.1, -0.05) is 184 Å². The van der Waals surface area contributed by atoms with E-state index in [2.05, 4.69) is 56.4 Å². The third-order valence-corrected chi connectivity index (χ3v) is 10.5. The molecule has 1 unspecified atom stereocenters. The largest absolute Gasteiger partial charge is 0.472 e. The first kappa shape index (κ1) is 54.0. The van der Waals surface area contributed by atoms with Crippen LogP contribution in [0.15, 0.2) is 48.6 Å². The first-order chi connectivity index (χ1) is 27.3. The molecule has 2 atom stereocenters. The number of esters is 2. The van der Waals surface area contributed by atoms with Gasteiger partial charge in [-0.25, -0.2) is 4.57 Å². The van der Waals surface area contributed by atoms with E-state index in [-0.39, 0.29) is 32.6 Å². The fourth-order valence-corrected chi connectivity index (χ4v) is 6.86. The molecule has 3 N–H and O–H groups in total. The van der Waals surface area contributed by atoms with Crippen LogP contribution in [0.1, 0.15) is 200 Å². The van der Waals surface area contributed by atoms with E-state index in [0.717, 1.165) is 38.5 Å². The quantitative estimate of drug-likeness (QED) is 0.0267. The Bertz CT molecular complexity index is 1060. The highest BCUT2D eigenvalue weighted by atomic mass is 31.2. The first-order valence-corrected chi connectivity index (χ1v) is 24.1. The molecule has 0 aliphatic rings. The molecule has 326 valence electrons. The predicted octanol–water partition coefficient (Wildman–Crippen LogP) is 13.1. The van der Waals surface area contributed by atoms with Crippen LogP contribution in [0.4, 0.5) is 0 Å². The molecule has 0 saturated heterocycles. The van der Waals surface area contributed by atoms with Crippen LogP contribution in [0.3, 0.4) is 0 Å². The molecule has 0 aliphatic heterocycles. The van der Waals surface area contributed by atoms with Gasteiger partial charge in [0.25, 0.3) is 0 Å². The zero-order valence-corrected chi connectivity index (χ0v) is 36.8. The molecule has 0 rings (SSSR count). The molecule has 0 heterocycles. The molecule has 0 aromatic carbocycles. The number of hydrogen-bond acceptors (Lipinski definition) is 8. The number of allylic oxidation sites excluding steroid dienone is 8. The van der Waals surface area contributed by atoms with Gasteiger partial charge < -0.3 is 20.1 Å². The van der Waals surface area contributed by atoms with Gasteiger partial charge in [-0.2, -0.15) is 0 Å². The average Bonchev–Trinajstić information content (AvgIpc) is 3.18. The van der Waals surface area contributed by atoms with Crippen LogP contribution in [0.2, 0.25) is 0 Å². The fourth-order valence-electron chi connectivity index (χ4n) is 6.10. The topological polar surface area (TPSA) is 134 Å². The molecule has 0 bridgehead atoms. The van der Waals surface area contributed by atoms with Gasteiger partial charge in [0.1, 0.15) is 6.61 Å². The van der Waals surface area contributed by atoms with Crippen LogP contribution >= 0.6 is 7.82 Å². The van der Waals surface area contributed by atoms with Gasteiger partial charge in [0, 0.05) is 19.4 Å². The Morgan fingerprint density at radius 3 is 1.43 bits per heavy atom. The minimum atomic E-state index is -4.39. The first-order valence-electron chi connectivity index (χ1n) is 22.6. The predicted molar refractivity (Wildman–Crippen MR) is 233 cm³/mol. The van der Waals surface area contributed by atoms with Gasteiger partial charge in [-0.3, -0.25) is 18.6 Å². The zero-order chi connectivity index (χ0) is 41.1. The summed E-state index contributed by atoms with van der Waals surface area (Å²) in [5, 5.41) is 0. The molecular formula is C46H84NO8P. The second-order valence-corrected chi connectivity index (χ2v) is 16.4. The Kier molecular flexibility index (Phi) is 41.0. The number of ether oxygens (including phenoxy) is 2. The Hall–Kier alpha value is -2.03. The summed E-state index contributed by atoms with van der Waals surface area (Å²) in [5.74, 6) is -0.890. The molecule has 0 radical (unpaired) electrons. The number of phosphoric ester groups is 1. The lowest BCUT2D eigenvalue weighted by atomic mass is 10.0. The molecule has 0 aromatic heterocycles. The minimum Gasteiger partial charge on any atom is -0.462 e. The summed E-state index contributed by atoms with van der Waals surface area (Å²) in [7, 11) is -4.39. The highest BCUT2D eigenvalue weighted by Crippen LogP contribution is 2.43. The van der Waals surface area contributed by atoms with Gasteiger partial charge in [-0.05, 0) is 51.4 Å². The van der Waals surface area contributed by atoms with E-state index in [0.29, 0.717) is 12.8 Å². The van der Waals surface area contributed by atoms with Gasteiger partial charge in [-0.15, -0.1) is 0 Å². The van der Waals surface area contributed by atoms with E-state index in [1.807, 2.05) is 6.08 Å². The summed E-state index contributed by atoms with van der Waals surface area (Å²) in [4.78, 5) is 34.9. The second-order valence-electron chi connectivity index (χ2n) is 14.9. The summed E-state index contributed by atoms with van der Waals surface area (Å²) >= 11 is 0. The number of unbranched alkanes of at least 4 members (excludes halogenated alkanes) is 21. The van der Waals surface area contributed by atoms with Gasteiger partial charge in [0.2, 0.25) is 0 Å². The van der Waals surface area contributed by atoms with E-state index < -0.39 is 32.5 Å². The maximum Gasteiger partial charge on any atom is 0.472 e. The number of carbonyl (C=O) groups is 2. The molecule has 10 heteroatoms. The van der Waals surface area contributed by atoms with E-state index in [1.165, 1.54) is 122 Å². The summed E-state index contributed by atoms with van der Waals surface area (Å²) in [6.45, 7) is 3.66. The molecule has 0 saturated carbocycles. The number of phosphoric acid groups is 1. The summed E-state index contributed by atoms with van der Waals surface area (Å²) in [6.07, 6.45) is 48.6. The highest BCUT2D eigenvalue weighted by molar-refractivity contribution is 7.47. The summed E-state index contributed by atoms with van der Waals surface area (Å²) in [5.41, 5.74) is 5.35. The molecule has 9 nitrogen and oxygen atoms in total. The van der Waals surface area contributed by atoms with Crippen LogP contribution in [0.5, 0.6) is 0 Å². The van der Waals surface area contributed by atoms with Crippen LogP contribution in [-0.4, -0.2) is 49.3 Å². The second kappa shape index (κ2) is 42.6. The van der Waals surface area contributed by atoms with Crippen LogP contribution in [0.25, 0.3) is 0 Å². The molecule has 0 spiro atoms. The smallest absolute Gasteiger partial charge is 0.462 e. The van der Waals surface area contributed by atoms with Crippen molar-refractivity contribution in [3.63, 3.8) is 0 Å². The van der Waals surface area contributed by atoms with E-state index >= 15 is 0 Å². The Morgan fingerprint density at radius 1 is 0.536 bits per heavy atom. The number of hydrogen-bond donors (Lipinski definition) is 2. The lowest BCUT2D eigenvalue weighted by Crippen LogP contribution is -2.29. The number of carbonyl (C=O) groups excluding carboxylic acids is 2. The highest BCUT2D eigenvalue weighted by Gasteiger charge is 2.25. The molecule has 56 heavy (non-hydrogen) atoms. The normalized spacial score (nSPS) is 13.7. The van der Waals surface area contributed by atoms with Crippen molar-refractivity contribution in [3.05, 3.63) is 48.6 Å². The maximum absolute atomic E-state index is 12.6. The van der Waals surface area contributed by atoms with E-state index in [1.54, 1.807) is 0 Å². The molecule has 0 fully saturated rings. The van der Waals surface area contributed by atoms with Crippen molar-refractivity contribution in [2.45, 2.75) is 206 Å². The molecule has 0 aromatic rings. The van der Waals surface area contributed by atoms with E-state index in [9.17, 15) is 19.0 Å². The summed E-state index contributed by atoms with van der Waals surface area (Å²) in [6, 6.07) is 0. The third-order valence-electron chi connectivity index (χ3n) is 9.47. The maximum atomic E-state index is 12.6. The number of rotatable bonds is 42. The van der Waals surface area contributed by atoms with Gasteiger partial charge in [0.15, 0.2) is 6.10 Å². The summed E-state index contributed by atoms with van der Waals surface area (Å²) < 4.78 is 32.7.